The Bertz CT molecular complexity index is 650. The van der Waals surface area contributed by atoms with E-state index >= 15 is 0 Å². The first kappa shape index (κ1) is 16.9. The second-order valence-electron chi connectivity index (χ2n) is 6.09. The van der Waals surface area contributed by atoms with E-state index in [1.807, 2.05) is 25.1 Å². The van der Waals surface area contributed by atoms with E-state index in [2.05, 4.69) is 18.5 Å². The molecule has 2 rings (SSSR count). The molecule has 3 N–H and O–H groups in total. The normalized spacial score (nSPS) is 21.8. The molecule has 1 fully saturated rings. The van der Waals surface area contributed by atoms with Crippen LogP contribution >= 0.6 is 0 Å². The van der Waals surface area contributed by atoms with Gasteiger partial charge >= 0.3 is 6.03 Å². The Morgan fingerprint density at radius 2 is 2.26 bits per heavy atom. The quantitative estimate of drug-likeness (QED) is 0.837. The summed E-state index contributed by atoms with van der Waals surface area (Å²) >= 11 is 0. The van der Waals surface area contributed by atoms with Crippen LogP contribution in [0.4, 0.5) is 4.79 Å². The number of allylic oxidation sites excluding steroid dienone is 2. The molecule has 0 bridgehead atoms. The van der Waals surface area contributed by atoms with Crippen molar-refractivity contribution < 1.29 is 4.79 Å². The van der Waals surface area contributed by atoms with E-state index in [-0.39, 0.29) is 11.9 Å². The fourth-order valence-corrected chi connectivity index (χ4v) is 3.19. The number of nitrogens with one attached hydrogen (secondary N) is 1. The molecule has 1 aliphatic heterocycles. The number of primary amides is 1. The minimum absolute atomic E-state index is 0.151. The zero-order valence-electron chi connectivity index (χ0n) is 13.7. The molecule has 0 aromatic carbocycles. The maximum Gasteiger partial charge on any atom is 0.314 e. The van der Waals surface area contributed by atoms with Crippen LogP contribution in [-0.2, 0) is 0 Å². The minimum Gasteiger partial charge on any atom is -0.351 e. The molecule has 1 saturated heterocycles. The van der Waals surface area contributed by atoms with Crippen molar-refractivity contribution in [1.29, 1.82) is 5.41 Å². The fourth-order valence-electron chi connectivity index (χ4n) is 3.19. The molecule has 2 amide bonds. The van der Waals surface area contributed by atoms with Gasteiger partial charge in [0, 0.05) is 42.6 Å². The summed E-state index contributed by atoms with van der Waals surface area (Å²) < 4.78 is 0. The highest BCUT2D eigenvalue weighted by Gasteiger charge is 2.29. The maximum atomic E-state index is 11.5. The van der Waals surface area contributed by atoms with E-state index in [1.165, 1.54) is 6.21 Å². The Balaban J connectivity index is 2.33. The second kappa shape index (κ2) is 7.22. The number of rotatable bonds is 4. The summed E-state index contributed by atoms with van der Waals surface area (Å²) in [6.07, 6.45) is 5.86. The van der Waals surface area contributed by atoms with Crippen LogP contribution in [0, 0.1) is 17.2 Å². The van der Waals surface area contributed by atoms with Gasteiger partial charge in [-0.15, -0.1) is 0 Å². The molecule has 0 unspecified atom stereocenters. The largest absolute Gasteiger partial charge is 0.351 e. The number of aromatic nitrogens is 1. The van der Waals surface area contributed by atoms with Gasteiger partial charge in [0.25, 0.3) is 0 Å². The smallest absolute Gasteiger partial charge is 0.314 e. The standard InChI is InChI=1S/C18H24N4O/c1-4-14(9-19)17-16(6-5-7-21-17)13(3)15-8-12(2)10-22(11-15)18(20)23/h4-7,9,12,15,19H,3,8,10-11H2,1-2H3,(H2,20,23)/b14-4-,19-9?/t12-,15+/m1/s1. The van der Waals surface area contributed by atoms with Crippen molar-refractivity contribution in [2.45, 2.75) is 20.3 Å². The molecule has 0 aliphatic carbocycles. The molecular formula is C18H24N4O. The number of urea groups is 1. The summed E-state index contributed by atoms with van der Waals surface area (Å²) in [6, 6.07) is 3.47. The van der Waals surface area contributed by atoms with Crippen LogP contribution in [0.3, 0.4) is 0 Å². The Morgan fingerprint density at radius 3 is 2.87 bits per heavy atom. The Labute approximate surface area is 137 Å². The molecular weight excluding hydrogens is 288 g/mol. The molecule has 2 heterocycles. The van der Waals surface area contributed by atoms with Crippen molar-refractivity contribution >= 4 is 23.4 Å². The highest BCUT2D eigenvalue weighted by Crippen LogP contribution is 2.34. The second-order valence-corrected chi connectivity index (χ2v) is 6.09. The SMILES string of the molecule is C=C(c1cccnc1/C(C=N)=C\C)[C@H]1C[C@@H](C)CN(C(N)=O)C1. The summed E-state index contributed by atoms with van der Waals surface area (Å²) in [5.41, 5.74) is 8.87. The molecule has 0 saturated carbocycles. The van der Waals surface area contributed by atoms with Crippen molar-refractivity contribution in [3.05, 3.63) is 42.2 Å². The van der Waals surface area contributed by atoms with Crippen molar-refractivity contribution in [2.24, 2.45) is 17.6 Å². The van der Waals surface area contributed by atoms with Crippen LogP contribution in [0.2, 0.25) is 0 Å². The molecule has 1 aliphatic rings. The first-order valence-corrected chi connectivity index (χ1v) is 7.83. The van der Waals surface area contributed by atoms with Crippen molar-refractivity contribution in [1.82, 2.24) is 9.88 Å². The van der Waals surface area contributed by atoms with Gasteiger partial charge < -0.3 is 16.0 Å². The number of nitrogens with two attached hydrogens (primary N) is 1. The molecule has 0 spiro atoms. The van der Waals surface area contributed by atoms with Crippen LogP contribution in [-0.4, -0.2) is 35.2 Å². The summed E-state index contributed by atoms with van der Waals surface area (Å²) in [5, 5.41) is 7.57. The van der Waals surface area contributed by atoms with Gasteiger partial charge in [-0.1, -0.05) is 25.6 Å². The molecule has 23 heavy (non-hydrogen) atoms. The van der Waals surface area contributed by atoms with Crippen molar-refractivity contribution in [2.75, 3.05) is 13.1 Å². The van der Waals surface area contributed by atoms with Gasteiger partial charge in [-0.2, -0.15) is 0 Å². The zero-order chi connectivity index (χ0) is 17.0. The number of pyridine rings is 1. The Kier molecular flexibility index (Phi) is 5.32. The van der Waals surface area contributed by atoms with E-state index in [9.17, 15) is 4.79 Å². The van der Waals surface area contributed by atoms with Gasteiger partial charge in [0.05, 0.1) is 5.69 Å². The van der Waals surface area contributed by atoms with Gasteiger partial charge in [0.1, 0.15) is 0 Å². The monoisotopic (exact) mass is 312 g/mol. The van der Waals surface area contributed by atoms with Crippen molar-refractivity contribution in [3.8, 4) is 0 Å². The number of piperidine rings is 1. The number of carbonyl (C=O) groups is 1. The van der Waals surface area contributed by atoms with Crippen LogP contribution in [0.1, 0.15) is 31.5 Å². The van der Waals surface area contributed by atoms with Gasteiger partial charge in [0.15, 0.2) is 0 Å². The van der Waals surface area contributed by atoms with Gasteiger partial charge in [0.2, 0.25) is 0 Å². The molecule has 2 atom stereocenters. The van der Waals surface area contributed by atoms with Gasteiger partial charge in [-0.05, 0) is 30.9 Å². The highest BCUT2D eigenvalue weighted by molar-refractivity contribution is 6.09. The number of carbonyl (C=O) groups excluding carboxylic acids is 1. The highest BCUT2D eigenvalue weighted by atomic mass is 16.2. The number of hydrogen-bond donors (Lipinski definition) is 2. The number of hydrogen-bond acceptors (Lipinski definition) is 3. The third-order valence-corrected chi connectivity index (χ3v) is 4.36. The summed E-state index contributed by atoms with van der Waals surface area (Å²) in [7, 11) is 0. The van der Waals surface area contributed by atoms with E-state index in [0.717, 1.165) is 28.8 Å². The van der Waals surface area contributed by atoms with Crippen molar-refractivity contribution in [3.63, 3.8) is 0 Å². The lowest BCUT2D eigenvalue weighted by Gasteiger charge is -2.36. The lowest BCUT2D eigenvalue weighted by atomic mass is 9.82. The topological polar surface area (TPSA) is 83.1 Å². The summed E-state index contributed by atoms with van der Waals surface area (Å²) in [6.45, 7) is 9.55. The van der Waals surface area contributed by atoms with Crippen LogP contribution in [0.5, 0.6) is 0 Å². The minimum atomic E-state index is -0.380. The average molecular weight is 312 g/mol. The summed E-state index contributed by atoms with van der Waals surface area (Å²) in [5.74, 6) is 0.528. The molecule has 122 valence electrons. The van der Waals surface area contributed by atoms with Gasteiger partial charge in [-0.3, -0.25) is 4.98 Å². The zero-order valence-corrected chi connectivity index (χ0v) is 13.7. The number of nitrogens with zero attached hydrogens (tertiary/aromatic N) is 2. The van der Waals surface area contributed by atoms with Crippen LogP contribution in [0.25, 0.3) is 11.1 Å². The first-order chi connectivity index (χ1) is 11.0. The maximum absolute atomic E-state index is 11.5. The van der Waals surface area contributed by atoms with E-state index in [4.69, 9.17) is 11.1 Å². The molecule has 0 radical (unpaired) electrons. The first-order valence-electron chi connectivity index (χ1n) is 7.83. The third kappa shape index (κ3) is 3.67. The van der Waals surface area contributed by atoms with Gasteiger partial charge in [-0.25, -0.2) is 4.79 Å². The summed E-state index contributed by atoms with van der Waals surface area (Å²) in [4.78, 5) is 17.7. The average Bonchev–Trinajstić information content (AvgIpc) is 2.55. The van der Waals surface area contributed by atoms with E-state index in [1.54, 1.807) is 11.1 Å². The van der Waals surface area contributed by atoms with E-state index in [0.29, 0.717) is 19.0 Å². The predicted octanol–water partition coefficient (Wildman–Crippen LogP) is 3.18. The number of amides is 2. The van der Waals surface area contributed by atoms with Crippen LogP contribution < -0.4 is 5.73 Å². The lowest BCUT2D eigenvalue weighted by molar-refractivity contribution is 0.163. The van der Waals surface area contributed by atoms with Crippen LogP contribution in [0.15, 0.2) is 31.0 Å². The fraction of sp³-hybridized carbons (Fsp3) is 0.389. The molecule has 1 aromatic heterocycles. The van der Waals surface area contributed by atoms with E-state index < -0.39 is 0 Å². The Hall–Kier alpha value is -2.43. The Morgan fingerprint density at radius 1 is 1.52 bits per heavy atom. The lowest BCUT2D eigenvalue weighted by Crippen LogP contribution is -2.46. The predicted molar refractivity (Wildman–Crippen MR) is 94.1 cm³/mol. The molecule has 5 nitrogen and oxygen atoms in total. The molecule has 5 heteroatoms. The third-order valence-electron chi connectivity index (χ3n) is 4.36. The molecule has 1 aromatic rings. The number of likely N-dealkylation sites (tertiary alicyclic amines) is 1.